The van der Waals surface area contributed by atoms with Crippen LogP contribution >= 0.6 is 0 Å². The van der Waals surface area contributed by atoms with Crippen LogP contribution in [0.5, 0.6) is 5.75 Å². The lowest BCUT2D eigenvalue weighted by Gasteiger charge is -2.33. The second-order valence-corrected chi connectivity index (χ2v) is 6.19. The molecule has 0 saturated carbocycles. The van der Waals surface area contributed by atoms with Gasteiger partial charge in [-0.3, -0.25) is 14.6 Å². The van der Waals surface area contributed by atoms with Crippen LogP contribution in [0, 0.1) is 5.82 Å². The van der Waals surface area contributed by atoms with Crippen molar-refractivity contribution >= 4 is 17.3 Å². The first kappa shape index (κ1) is 16.5. The molecule has 7 heteroatoms. The van der Waals surface area contributed by atoms with Crippen LogP contribution in [0.2, 0.25) is 0 Å². The Morgan fingerprint density at radius 1 is 1.31 bits per heavy atom. The monoisotopic (exact) mass is 355 g/mol. The van der Waals surface area contributed by atoms with Gasteiger partial charge in [0.05, 0.1) is 19.1 Å². The van der Waals surface area contributed by atoms with Crippen molar-refractivity contribution < 1.29 is 18.8 Å². The minimum Gasteiger partial charge on any atom is -0.489 e. The number of hydrazone groups is 1. The van der Waals surface area contributed by atoms with Crippen molar-refractivity contribution in [3.8, 4) is 5.75 Å². The molecule has 0 spiro atoms. The number of hydrogen-bond acceptors (Lipinski definition) is 5. The topological polar surface area (TPSA) is 54.4 Å². The average molecular weight is 355 g/mol. The number of benzene rings is 2. The van der Waals surface area contributed by atoms with Crippen molar-refractivity contribution in [1.29, 1.82) is 0 Å². The second-order valence-electron chi connectivity index (χ2n) is 6.19. The van der Waals surface area contributed by atoms with E-state index in [9.17, 15) is 9.18 Å². The van der Waals surface area contributed by atoms with E-state index in [4.69, 9.17) is 9.57 Å². The lowest BCUT2D eigenvalue weighted by molar-refractivity contribution is -0.160. The molecule has 0 fully saturated rings. The fourth-order valence-electron chi connectivity index (χ4n) is 3.40. The predicted octanol–water partition coefficient (Wildman–Crippen LogP) is 2.57. The average Bonchev–Trinajstić information content (AvgIpc) is 3.07. The van der Waals surface area contributed by atoms with Gasteiger partial charge in [-0.1, -0.05) is 30.3 Å². The van der Waals surface area contributed by atoms with Gasteiger partial charge in [-0.2, -0.15) is 5.10 Å². The molecule has 2 atom stereocenters. The maximum atomic E-state index is 13.8. The van der Waals surface area contributed by atoms with Gasteiger partial charge in [-0.05, 0) is 17.7 Å². The molecule has 2 aromatic carbocycles. The molecular formula is C19H18FN3O3. The molecular weight excluding hydrogens is 337 g/mol. The Bertz CT molecular complexity index is 872. The van der Waals surface area contributed by atoms with Crippen molar-refractivity contribution in [3.63, 3.8) is 0 Å². The number of fused-ring (bicyclic) bond motifs is 3. The minimum absolute atomic E-state index is 0.240. The summed E-state index contributed by atoms with van der Waals surface area (Å²) in [5.74, 6) is -0.480. The summed E-state index contributed by atoms with van der Waals surface area (Å²) in [6.45, 7) is 0.342. The van der Waals surface area contributed by atoms with Gasteiger partial charge < -0.3 is 4.74 Å². The first-order valence-corrected chi connectivity index (χ1v) is 8.27. The Balaban J connectivity index is 1.82. The summed E-state index contributed by atoms with van der Waals surface area (Å²) in [5.41, 5.74) is 1.80. The number of ether oxygens (including phenoxy) is 1. The van der Waals surface area contributed by atoms with E-state index in [1.54, 1.807) is 11.1 Å². The van der Waals surface area contributed by atoms with Gasteiger partial charge >= 0.3 is 0 Å². The Morgan fingerprint density at radius 2 is 2.08 bits per heavy atom. The standard InChI is InChI=1S/C19H18FN3O3/c1-22(25-2)19(24)18-17(12-6-4-3-5-7-12)15-11-26-16-9-8-13(20)10-14(16)23(15)21-18/h3-10,15,17H,11H2,1-2H3. The highest BCUT2D eigenvalue weighted by molar-refractivity contribution is 6.41. The molecule has 0 radical (unpaired) electrons. The van der Waals surface area contributed by atoms with Crippen LogP contribution in [-0.4, -0.2) is 43.5 Å². The summed E-state index contributed by atoms with van der Waals surface area (Å²) in [6, 6.07) is 13.7. The number of nitrogens with zero attached hydrogens (tertiary/aromatic N) is 3. The van der Waals surface area contributed by atoms with Gasteiger partial charge in [0, 0.05) is 13.1 Å². The molecule has 2 aliphatic heterocycles. The van der Waals surface area contributed by atoms with E-state index in [-0.39, 0.29) is 23.7 Å². The summed E-state index contributed by atoms with van der Waals surface area (Å²) in [5, 5.41) is 7.38. The van der Waals surface area contributed by atoms with Crippen LogP contribution in [0.3, 0.4) is 0 Å². The van der Waals surface area contributed by atoms with Crippen LogP contribution < -0.4 is 9.75 Å². The van der Waals surface area contributed by atoms with E-state index in [0.717, 1.165) is 10.6 Å². The van der Waals surface area contributed by atoms with Crippen molar-refractivity contribution in [2.24, 2.45) is 5.10 Å². The lowest BCUT2D eigenvalue weighted by Crippen LogP contribution is -2.42. The molecule has 26 heavy (non-hydrogen) atoms. The normalized spacial score (nSPS) is 20.7. The summed E-state index contributed by atoms with van der Waals surface area (Å²) in [4.78, 5) is 17.9. The number of anilines is 1. The highest BCUT2D eigenvalue weighted by Crippen LogP contribution is 2.43. The molecule has 2 heterocycles. The smallest absolute Gasteiger partial charge is 0.294 e. The van der Waals surface area contributed by atoms with Crippen molar-refractivity contribution in [3.05, 3.63) is 59.9 Å². The molecule has 2 unspecified atom stereocenters. The molecule has 0 N–H and O–H groups in total. The number of hydroxylamine groups is 2. The Kier molecular flexibility index (Phi) is 4.08. The third kappa shape index (κ3) is 2.61. The third-order valence-electron chi connectivity index (χ3n) is 4.72. The Morgan fingerprint density at radius 3 is 2.81 bits per heavy atom. The Hall–Kier alpha value is -2.93. The number of carbonyl (C=O) groups excluding carboxylic acids is 1. The van der Waals surface area contributed by atoms with Crippen molar-refractivity contribution in [1.82, 2.24) is 5.06 Å². The van der Waals surface area contributed by atoms with Crippen molar-refractivity contribution in [2.75, 3.05) is 25.8 Å². The summed E-state index contributed by atoms with van der Waals surface area (Å²) >= 11 is 0. The Labute approximate surface area is 150 Å². The predicted molar refractivity (Wildman–Crippen MR) is 94.6 cm³/mol. The van der Waals surface area contributed by atoms with E-state index >= 15 is 0 Å². The summed E-state index contributed by atoms with van der Waals surface area (Å²) in [6.07, 6.45) is 0. The van der Waals surface area contributed by atoms with Gasteiger partial charge in [-0.25, -0.2) is 9.45 Å². The van der Waals surface area contributed by atoms with Gasteiger partial charge in [-0.15, -0.1) is 0 Å². The molecule has 6 nitrogen and oxygen atoms in total. The van der Waals surface area contributed by atoms with Crippen molar-refractivity contribution in [2.45, 2.75) is 12.0 Å². The van der Waals surface area contributed by atoms with Crippen LogP contribution in [0.15, 0.2) is 53.6 Å². The van der Waals surface area contributed by atoms with Gasteiger partial charge in [0.15, 0.2) is 0 Å². The zero-order chi connectivity index (χ0) is 18.3. The number of amides is 1. The number of halogens is 1. The number of carbonyl (C=O) groups is 1. The molecule has 0 aliphatic carbocycles. The molecule has 0 aromatic heterocycles. The van der Waals surface area contributed by atoms with Gasteiger partial charge in [0.1, 0.15) is 29.6 Å². The lowest BCUT2D eigenvalue weighted by atomic mass is 9.87. The first-order valence-electron chi connectivity index (χ1n) is 8.27. The van der Waals surface area contributed by atoms with Crippen LogP contribution in [0.25, 0.3) is 0 Å². The molecule has 1 amide bonds. The highest BCUT2D eigenvalue weighted by atomic mass is 19.1. The largest absolute Gasteiger partial charge is 0.489 e. The van der Waals surface area contributed by atoms with E-state index in [2.05, 4.69) is 5.10 Å². The van der Waals surface area contributed by atoms with Crippen LogP contribution in [0.1, 0.15) is 11.5 Å². The van der Waals surface area contributed by atoms with Gasteiger partial charge in [0.2, 0.25) is 0 Å². The molecule has 2 aliphatic rings. The summed E-state index contributed by atoms with van der Waals surface area (Å²) < 4.78 is 19.6. The quantitative estimate of drug-likeness (QED) is 0.794. The van der Waals surface area contributed by atoms with E-state index < -0.39 is 0 Å². The van der Waals surface area contributed by atoms with Crippen LogP contribution in [-0.2, 0) is 9.63 Å². The number of hydrogen-bond donors (Lipinski definition) is 0. The fourth-order valence-corrected chi connectivity index (χ4v) is 3.40. The second kappa shape index (κ2) is 6.42. The SMILES string of the molecule is CON(C)C(=O)C1=NN2c3cc(F)ccc3OCC2C1c1ccccc1. The van der Waals surface area contributed by atoms with Gasteiger partial charge in [0.25, 0.3) is 5.91 Å². The van der Waals surface area contributed by atoms with E-state index in [1.165, 1.54) is 26.3 Å². The maximum Gasteiger partial charge on any atom is 0.294 e. The first-order chi connectivity index (χ1) is 12.6. The fraction of sp³-hybridized carbons (Fsp3) is 0.263. The highest BCUT2D eigenvalue weighted by Gasteiger charge is 2.46. The minimum atomic E-state index is -0.381. The third-order valence-corrected chi connectivity index (χ3v) is 4.72. The van der Waals surface area contributed by atoms with E-state index in [1.807, 2.05) is 30.3 Å². The van der Waals surface area contributed by atoms with E-state index in [0.29, 0.717) is 23.8 Å². The molecule has 2 aromatic rings. The molecule has 0 bridgehead atoms. The zero-order valence-corrected chi connectivity index (χ0v) is 14.4. The molecule has 4 rings (SSSR count). The zero-order valence-electron chi connectivity index (χ0n) is 14.4. The number of rotatable bonds is 3. The maximum absolute atomic E-state index is 13.8. The molecule has 0 saturated heterocycles. The van der Waals surface area contributed by atoms with Crippen LogP contribution in [0.4, 0.5) is 10.1 Å². The molecule has 134 valence electrons. The summed E-state index contributed by atoms with van der Waals surface area (Å²) in [7, 11) is 2.96.